The molecule has 1 fully saturated rings. The van der Waals surface area contributed by atoms with E-state index in [1.165, 1.54) is 32.1 Å². The lowest BCUT2D eigenvalue weighted by Gasteiger charge is -2.25. The van der Waals surface area contributed by atoms with Gasteiger partial charge in [0.1, 0.15) is 0 Å². The Morgan fingerprint density at radius 2 is 1.50 bits per heavy atom. The van der Waals surface area contributed by atoms with E-state index >= 15 is 0 Å². The van der Waals surface area contributed by atoms with Gasteiger partial charge in [-0.15, -0.1) is 24.8 Å². The summed E-state index contributed by atoms with van der Waals surface area (Å²) in [4.78, 5) is 0. The van der Waals surface area contributed by atoms with E-state index in [1.807, 2.05) is 0 Å². The molecule has 12 heavy (non-hydrogen) atoms. The van der Waals surface area contributed by atoms with Gasteiger partial charge >= 0.3 is 0 Å². The molecule has 0 amide bonds. The molecular formula is C8H20Cl2N2. The highest BCUT2D eigenvalue weighted by Crippen LogP contribution is 2.24. The van der Waals surface area contributed by atoms with Crippen molar-refractivity contribution in [3.05, 3.63) is 0 Å². The number of hydrogen-bond donors (Lipinski definition) is 2. The fourth-order valence-corrected chi connectivity index (χ4v) is 1.71. The van der Waals surface area contributed by atoms with Crippen molar-refractivity contribution in [2.45, 2.75) is 38.1 Å². The average Bonchev–Trinajstić information content (AvgIpc) is 1.95. The van der Waals surface area contributed by atoms with E-state index in [9.17, 15) is 0 Å². The fourth-order valence-electron chi connectivity index (χ4n) is 1.71. The second-order valence-corrected chi connectivity index (χ2v) is 3.36. The average molecular weight is 215 g/mol. The van der Waals surface area contributed by atoms with Crippen molar-refractivity contribution in [2.24, 2.45) is 17.4 Å². The SMILES string of the molecule is Cl.Cl.NCCC1CCC(N)CC1. The molecule has 1 aliphatic rings. The number of rotatable bonds is 2. The molecule has 4 heteroatoms. The first-order valence-electron chi connectivity index (χ1n) is 4.28. The highest BCUT2D eigenvalue weighted by Gasteiger charge is 2.16. The molecule has 0 aromatic heterocycles. The Morgan fingerprint density at radius 1 is 1.00 bits per heavy atom. The molecule has 1 saturated carbocycles. The van der Waals surface area contributed by atoms with Crippen molar-refractivity contribution in [1.29, 1.82) is 0 Å². The zero-order chi connectivity index (χ0) is 7.40. The van der Waals surface area contributed by atoms with Crippen LogP contribution in [0.1, 0.15) is 32.1 Å². The van der Waals surface area contributed by atoms with Crippen molar-refractivity contribution < 1.29 is 0 Å². The van der Waals surface area contributed by atoms with Gasteiger partial charge in [0.2, 0.25) is 0 Å². The largest absolute Gasteiger partial charge is 0.330 e. The van der Waals surface area contributed by atoms with Crippen molar-refractivity contribution in [2.75, 3.05) is 6.54 Å². The molecule has 0 aliphatic heterocycles. The highest BCUT2D eigenvalue weighted by atomic mass is 35.5. The van der Waals surface area contributed by atoms with Crippen molar-refractivity contribution in [3.8, 4) is 0 Å². The Labute approximate surface area is 87.3 Å². The van der Waals surface area contributed by atoms with E-state index in [2.05, 4.69) is 0 Å². The molecule has 0 radical (unpaired) electrons. The maximum Gasteiger partial charge on any atom is 0.00390 e. The minimum atomic E-state index is 0. The van der Waals surface area contributed by atoms with Crippen LogP contribution in [0.25, 0.3) is 0 Å². The van der Waals surface area contributed by atoms with Crippen LogP contribution in [0.4, 0.5) is 0 Å². The van der Waals surface area contributed by atoms with Crippen molar-refractivity contribution in [1.82, 2.24) is 0 Å². The molecule has 0 saturated heterocycles. The normalized spacial score (nSPS) is 28.5. The number of nitrogens with two attached hydrogens (primary N) is 2. The molecule has 0 aromatic carbocycles. The molecule has 0 aromatic rings. The second-order valence-electron chi connectivity index (χ2n) is 3.36. The topological polar surface area (TPSA) is 52.0 Å². The molecule has 2 nitrogen and oxygen atoms in total. The summed E-state index contributed by atoms with van der Waals surface area (Å²) >= 11 is 0. The van der Waals surface area contributed by atoms with Gasteiger partial charge in [0.05, 0.1) is 0 Å². The Hall–Kier alpha value is 0.500. The highest BCUT2D eigenvalue weighted by molar-refractivity contribution is 5.85. The lowest BCUT2D eigenvalue weighted by molar-refractivity contribution is 0.314. The molecule has 0 unspecified atom stereocenters. The minimum absolute atomic E-state index is 0. The van der Waals surface area contributed by atoms with E-state index in [4.69, 9.17) is 11.5 Å². The van der Waals surface area contributed by atoms with E-state index in [1.54, 1.807) is 0 Å². The molecule has 76 valence electrons. The molecule has 0 spiro atoms. The summed E-state index contributed by atoms with van der Waals surface area (Å²) in [6, 6.07) is 0.481. The first-order chi connectivity index (χ1) is 4.83. The monoisotopic (exact) mass is 214 g/mol. The third-order valence-corrected chi connectivity index (χ3v) is 2.47. The molecule has 0 bridgehead atoms. The standard InChI is InChI=1S/C8H18N2.2ClH/c9-6-5-7-1-3-8(10)4-2-7;;/h7-8H,1-6,9-10H2;2*1H. The molecule has 0 heterocycles. The number of hydrogen-bond acceptors (Lipinski definition) is 2. The van der Waals surface area contributed by atoms with Crippen LogP contribution in [0.3, 0.4) is 0 Å². The van der Waals surface area contributed by atoms with Gasteiger partial charge in [0.25, 0.3) is 0 Å². The van der Waals surface area contributed by atoms with Crippen molar-refractivity contribution >= 4 is 24.8 Å². The van der Waals surface area contributed by atoms with Gasteiger partial charge in [-0.1, -0.05) is 0 Å². The van der Waals surface area contributed by atoms with Crippen LogP contribution in [-0.4, -0.2) is 12.6 Å². The van der Waals surface area contributed by atoms with Crippen LogP contribution >= 0.6 is 24.8 Å². The summed E-state index contributed by atoms with van der Waals surface area (Å²) in [6.45, 7) is 0.847. The zero-order valence-corrected chi connectivity index (χ0v) is 9.00. The van der Waals surface area contributed by atoms with E-state index < -0.39 is 0 Å². The molecule has 1 rings (SSSR count). The van der Waals surface area contributed by atoms with Crippen LogP contribution in [0.2, 0.25) is 0 Å². The Bertz CT molecular complexity index is 93.1. The first-order valence-corrected chi connectivity index (χ1v) is 4.28. The third-order valence-electron chi connectivity index (χ3n) is 2.47. The Kier molecular flexibility index (Phi) is 10.1. The van der Waals surface area contributed by atoms with E-state index in [-0.39, 0.29) is 24.8 Å². The minimum Gasteiger partial charge on any atom is -0.330 e. The number of halogens is 2. The predicted molar refractivity (Wildman–Crippen MR) is 58.1 cm³/mol. The van der Waals surface area contributed by atoms with Gasteiger partial charge in [0, 0.05) is 6.04 Å². The molecule has 1 aliphatic carbocycles. The summed E-state index contributed by atoms with van der Waals surface area (Å²) in [6.07, 6.45) is 6.23. The predicted octanol–water partition coefficient (Wildman–Crippen LogP) is 1.70. The lowest BCUT2D eigenvalue weighted by Crippen LogP contribution is -2.27. The summed E-state index contributed by atoms with van der Waals surface area (Å²) < 4.78 is 0. The van der Waals surface area contributed by atoms with Gasteiger partial charge in [0.15, 0.2) is 0 Å². The molecular weight excluding hydrogens is 195 g/mol. The summed E-state index contributed by atoms with van der Waals surface area (Å²) in [5.41, 5.74) is 11.2. The second kappa shape index (κ2) is 8.11. The zero-order valence-electron chi connectivity index (χ0n) is 7.37. The van der Waals surface area contributed by atoms with E-state index in [0.717, 1.165) is 12.5 Å². The van der Waals surface area contributed by atoms with Crippen LogP contribution in [-0.2, 0) is 0 Å². The summed E-state index contributed by atoms with van der Waals surface area (Å²) in [7, 11) is 0. The van der Waals surface area contributed by atoms with Gasteiger partial charge in [-0.25, -0.2) is 0 Å². The van der Waals surface area contributed by atoms with Gasteiger partial charge < -0.3 is 11.5 Å². The fraction of sp³-hybridized carbons (Fsp3) is 1.00. The third kappa shape index (κ3) is 5.20. The van der Waals surface area contributed by atoms with Crippen LogP contribution in [0.5, 0.6) is 0 Å². The lowest BCUT2D eigenvalue weighted by atomic mass is 9.85. The maximum absolute atomic E-state index is 5.76. The van der Waals surface area contributed by atoms with Crippen LogP contribution in [0, 0.1) is 5.92 Å². The van der Waals surface area contributed by atoms with Crippen molar-refractivity contribution in [3.63, 3.8) is 0 Å². The smallest absolute Gasteiger partial charge is 0.00390 e. The molecule has 0 atom stereocenters. The van der Waals surface area contributed by atoms with Crippen LogP contribution < -0.4 is 11.5 Å². The summed E-state index contributed by atoms with van der Waals surface area (Å²) in [5.74, 6) is 0.879. The van der Waals surface area contributed by atoms with Gasteiger partial charge in [-0.05, 0) is 44.6 Å². The van der Waals surface area contributed by atoms with Crippen LogP contribution in [0.15, 0.2) is 0 Å². The summed E-state index contributed by atoms with van der Waals surface area (Å²) in [5, 5.41) is 0. The quantitative estimate of drug-likeness (QED) is 0.736. The first kappa shape index (κ1) is 15.0. The Balaban J connectivity index is 0. The van der Waals surface area contributed by atoms with Gasteiger partial charge in [-0.2, -0.15) is 0 Å². The maximum atomic E-state index is 5.76. The van der Waals surface area contributed by atoms with Gasteiger partial charge in [-0.3, -0.25) is 0 Å². The van der Waals surface area contributed by atoms with E-state index in [0.29, 0.717) is 6.04 Å². The molecule has 4 N–H and O–H groups in total. The Morgan fingerprint density at radius 3 is 1.92 bits per heavy atom.